The van der Waals surface area contributed by atoms with Crippen molar-refractivity contribution in [2.75, 3.05) is 13.1 Å². The fourth-order valence-electron chi connectivity index (χ4n) is 7.26. The summed E-state index contributed by atoms with van der Waals surface area (Å²) in [5.74, 6) is 0.161. The van der Waals surface area contributed by atoms with Gasteiger partial charge in [-0.05, 0) is 75.0 Å². The van der Waals surface area contributed by atoms with Gasteiger partial charge in [0, 0.05) is 50.4 Å². The molecule has 1 amide bonds. The summed E-state index contributed by atoms with van der Waals surface area (Å²) in [4.78, 5) is 31.6. The molecule has 10 nitrogen and oxygen atoms in total. The highest BCUT2D eigenvalue weighted by Crippen LogP contribution is 2.41. The van der Waals surface area contributed by atoms with Gasteiger partial charge in [0.05, 0.1) is 12.2 Å². The number of nitrogens with zero attached hydrogens (tertiary/aromatic N) is 2. The van der Waals surface area contributed by atoms with E-state index in [1.807, 2.05) is 35.2 Å². The number of nitrogens with two attached hydrogens (primary N) is 2. The Labute approximate surface area is 285 Å². The van der Waals surface area contributed by atoms with Crippen LogP contribution in [0, 0.1) is 5.41 Å². The van der Waals surface area contributed by atoms with Crippen LogP contribution >= 0.6 is 0 Å². The van der Waals surface area contributed by atoms with Crippen LogP contribution in [-0.4, -0.2) is 64.4 Å². The summed E-state index contributed by atoms with van der Waals surface area (Å²) in [7, 11) is 0. The van der Waals surface area contributed by atoms with Crippen molar-refractivity contribution in [2.45, 2.75) is 129 Å². The fourth-order valence-corrected chi connectivity index (χ4v) is 7.26. The third kappa shape index (κ3) is 11.4. The molecule has 48 heavy (non-hydrogen) atoms. The molecule has 2 aliphatic rings. The summed E-state index contributed by atoms with van der Waals surface area (Å²) >= 11 is 0. The standard InChI is InChI=1S/C38H56N4O6/c1-3-4-6-13-31(44)22-33(47-27(2)43)17-16-29-20-30(36(46)34(21-29)48-32-14-9-10-15-32)25-42-26-38(24-35(42)45,18-19-41-37(39)40)23-28-11-7-5-8-12-28/h5,7-8,11-12,20-21,31-33,44,46H,3-4,6,9-10,13-19,22-26H2,1-2H3,(H4,39,40,41)/t31-,33+,38-/m0/s1. The molecule has 3 atom stereocenters. The Balaban J connectivity index is 1.55. The first-order valence-electron chi connectivity index (χ1n) is 17.8. The lowest BCUT2D eigenvalue weighted by molar-refractivity contribution is -0.148. The molecule has 1 heterocycles. The van der Waals surface area contributed by atoms with Crippen molar-refractivity contribution >= 4 is 17.8 Å². The number of hydrogen-bond acceptors (Lipinski definition) is 7. The number of aromatic hydroxyl groups is 1. The normalized spacial score (nSPS) is 19.3. The first-order chi connectivity index (χ1) is 23.1. The number of rotatable bonds is 19. The summed E-state index contributed by atoms with van der Waals surface area (Å²) in [6, 6.07) is 13.9. The number of esters is 1. The lowest BCUT2D eigenvalue weighted by Gasteiger charge is -2.29. The number of likely N-dealkylation sites (tertiary alicyclic amines) is 1. The van der Waals surface area contributed by atoms with Crippen molar-refractivity contribution in [3.63, 3.8) is 0 Å². The Kier molecular flexibility index (Phi) is 14.0. The molecule has 2 aromatic carbocycles. The van der Waals surface area contributed by atoms with Crippen molar-refractivity contribution in [1.29, 1.82) is 0 Å². The second-order valence-corrected chi connectivity index (χ2v) is 13.9. The van der Waals surface area contributed by atoms with Gasteiger partial charge in [-0.25, -0.2) is 0 Å². The topological polar surface area (TPSA) is 161 Å². The van der Waals surface area contributed by atoms with E-state index in [0.29, 0.717) is 69.3 Å². The fraction of sp³-hybridized carbons (Fsp3) is 0.605. The molecule has 1 aliphatic heterocycles. The van der Waals surface area contributed by atoms with Gasteiger partial charge in [0.2, 0.25) is 5.91 Å². The number of phenolic OH excluding ortho intramolecular Hbond substituents is 1. The zero-order chi connectivity index (χ0) is 34.5. The van der Waals surface area contributed by atoms with Crippen LogP contribution in [0.3, 0.4) is 0 Å². The number of aliphatic hydroxyl groups excluding tert-OH is 1. The van der Waals surface area contributed by atoms with Crippen LogP contribution in [0.4, 0.5) is 0 Å². The number of amides is 1. The zero-order valence-electron chi connectivity index (χ0n) is 28.9. The van der Waals surface area contributed by atoms with Crippen LogP contribution in [0.5, 0.6) is 11.5 Å². The number of unbranched alkanes of at least 4 members (excludes halogenated alkanes) is 2. The number of ether oxygens (including phenoxy) is 2. The first kappa shape index (κ1) is 37.0. The number of carbonyl (C=O) groups is 2. The predicted molar refractivity (Wildman–Crippen MR) is 188 cm³/mol. The van der Waals surface area contributed by atoms with E-state index in [0.717, 1.165) is 56.1 Å². The maximum Gasteiger partial charge on any atom is 0.302 e. The molecule has 2 fully saturated rings. The number of guanidine groups is 1. The van der Waals surface area contributed by atoms with Gasteiger partial charge in [-0.2, -0.15) is 0 Å². The molecule has 0 aromatic heterocycles. The smallest absolute Gasteiger partial charge is 0.302 e. The molecule has 1 aliphatic carbocycles. The highest BCUT2D eigenvalue weighted by atomic mass is 16.5. The first-order valence-corrected chi connectivity index (χ1v) is 17.8. The molecule has 10 heteroatoms. The number of aryl methyl sites for hydroxylation is 1. The van der Waals surface area contributed by atoms with Crippen LogP contribution < -0.4 is 16.2 Å². The minimum Gasteiger partial charge on any atom is -0.504 e. The molecule has 0 radical (unpaired) electrons. The van der Waals surface area contributed by atoms with E-state index in [9.17, 15) is 19.8 Å². The number of hydrogen-bond donors (Lipinski definition) is 4. The average molecular weight is 665 g/mol. The van der Waals surface area contributed by atoms with E-state index in [4.69, 9.17) is 20.9 Å². The van der Waals surface area contributed by atoms with Gasteiger partial charge in [0.1, 0.15) is 6.10 Å². The van der Waals surface area contributed by atoms with E-state index in [1.54, 1.807) is 0 Å². The quantitative estimate of drug-likeness (QED) is 0.0660. The third-order valence-electron chi connectivity index (χ3n) is 9.70. The molecule has 2 aromatic rings. The molecule has 1 saturated heterocycles. The highest BCUT2D eigenvalue weighted by Gasteiger charge is 2.43. The van der Waals surface area contributed by atoms with Gasteiger partial charge in [0.25, 0.3) is 0 Å². The van der Waals surface area contributed by atoms with Crippen molar-refractivity contribution in [2.24, 2.45) is 21.9 Å². The van der Waals surface area contributed by atoms with Crippen LogP contribution in [-0.2, 0) is 33.7 Å². The molecular weight excluding hydrogens is 608 g/mol. The van der Waals surface area contributed by atoms with Crippen LogP contribution in [0.1, 0.15) is 108 Å². The molecule has 0 bridgehead atoms. The number of aliphatic hydroxyl groups is 1. The third-order valence-corrected chi connectivity index (χ3v) is 9.70. The molecule has 4 rings (SSSR count). The lowest BCUT2D eigenvalue weighted by Crippen LogP contribution is -2.31. The highest BCUT2D eigenvalue weighted by molar-refractivity contribution is 5.80. The van der Waals surface area contributed by atoms with Gasteiger partial charge < -0.3 is 36.1 Å². The van der Waals surface area contributed by atoms with E-state index in [-0.39, 0.29) is 41.6 Å². The summed E-state index contributed by atoms with van der Waals surface area (Å²) in [6.07, 6.45) is 10.0. The average Bonchev–Trinajstić information content (AvgIpc) is 3.65. The van der Waals surface area contributed by atoms with E-state index in [1.165, 1.54) is 6.92 Å². The van der Waals surface area contributed by atoms with Crippen LogP contribution in [0.2, 0.25) is 0 Å². The SMILES string of the molecule is CCCCC[C@H](O)C[C@@H](CCc1cc(CN2C[C@@](CCN=C(N)N)(Cc3ccccc3)CC2=O)c(O)c(OC2CCCC2)c1)OC(C)=O. The minimum atomic E-state index is -0.540. The predicted octanol–water partition coefficient (Wildman–Crippen LogP) is 5.53. The summed E-state index contributed by atoms with van der Waals surface area (Å²) in [5, 5.41) is 22.1. The monoisotopic (exact) mass is 664 g/mol. The van der Waals surface area contributed by atoms with Crippen molar-refractivity contribution < 1.29 is 29.3 Å². The molecule has 6 N–H and O–H groups in total. The zero-order valence-corrected chi connectivity index (χ0v) is 28.9. The Morgan fingerprint density at radius 2 is 1.85 bits per heavy atom. The minimum absolute atomic E-state index is 0.0191. The summed E-state index contributed by atoms with van der Waals surface area (Å²) in [5.41, 5.74) is 13.6. The largest absolute Gasteiger partial charge is 0.504 e. The molecule has 264 valence electrons. The van der Waals surface area contributed by atoms with Crippen LogP contribution in [0.25, 0.3) is 0 Å². The Bertz CT molecular complexity index is 1360. The second-order valence-electron chi connectivity index (χ2n) is 13.9. The Morgan fingerprint density at radius 3 is 2.54 bits per heavy atom. The van der Waals surface area contributed by atoms with Gasteiger partial charge in [0.15, 0.2) is 17.5 Å². The maximum absolute atomic E-state index is 13.6. The number of aliphatic imine (C=N–C) groups is 1. The number of benzene rings is 2. The molecule has 0 unspecified atom stereocenters. The Morgan fingerprint density at radius 1 is 1.10 bits per heavy atom. The molecule has 0 spiro atoms. The van der Waals surface area contributed by atoms with E-state index < -0.39 is 12.2 Å². The second kappa shape index (κ2) is 18.1. The molecule has 1 saturated carbocycles. The van der Waals surface area contributed by atoms with Crippen molar-refractivity contribution in [3.8, 4) is 11.5 Å². The van der Waals surface area contributed by atoms with Gasteiger partial charge >= 0.3 is 5.97 Å². The summed E-state index contributed by atoms with van der Waals surface area (Å²) in [6.45, 7) is 4.69. The van der Waals surface area contributed by atoms with Crippen molar-refractivity contribution in [1.82, 2.24) is 4.90 Å². The number of phenols is 1. The Hall–Kier alpha value is -3.79. The maximum atomic E-state index is 13.6. The lowest BCUT2D eigenvalue weighted by atomic mass is 9.78. The van der Waals surface area contributed by atoms with Gasteiger partial charge in [-0.3, -0.25) is 14.6 Å². The van der Waals surface area contributed by atoms with Crippen molar-refractivity contribution in [3.05, 3.63) is 59.2 Å². The van der Waals surface area contributed by atoms with E-state index >= 15 is 0 Å². The molecular formula is C38H56N4O6. The number of carbonyl (C=O) groups excluding carboxylic acids is 2. The van der Waals surface area contributed by atoms with E-state index in [2.05, 4.69) is 24.0 Å². The van der Waals surface area contributed by atoms with Crippen LogP contribution in [0.15, 0.2) is 47.5 Å². The van der Waals surface area contributed by atoms with Gasteiger partial charge in [-0.15, -0.1) is 0 Å². The van der Waals surface area contributed by atoms with Gasteiger partial charge in [-0.1, -0.05) is 62.6 Å². The summed E-state index contributed by atoms with van der Waals surface area (Å²) < 4.78 is 12.0.